The number of hydrogen-bond acceptors (Lipinski definition) is 5. The van der Waals surface area contributed by atoms with Gasteiger partial charge in [-0.05, 0) is 44.7 Å². The summed E-state index contributed by atoms with van der Waals surface area (Å²) in [5.74, 6) is 0.161. The number of anilines is 1. The molecule has 2 aliphatic rings. The van der Waals surface area contributed by atoms with Crippen LogP contribution in [-0.4, -0.2) is 59.5 Å². The number of pyridine rings is 1. The van der Waals surface area contributed by atoms with Crippen LogP contribution in [0.1, 0.15) is 16.2 Å². The number of aromatic nitrogens is 1. The lowest BCUT2D eigenvalue weighted by Gasteiger charge is -2.46. The van der Waals surface area contributed by atoms with Crippen molar-refractivity contribution in [1.29, 1.82) is 0 Å². The molecule has 2 saturated heterocycles. The van der Waals surface area contributed by atoms with E-state index in [2.05, 4.69) is 40.9 Å². The van der Waals surface area contributed by atoms with Gasteiger partial charge in [-0.2, -0.15) is 0 Å². The molecular formula is C19H24N4OS. The molecular weight excluding hydrogens is 332 g/mol. The average molecular weight is 356 g/mol. The van der Waals surface area contributed by atoms with Crippen LogP contribution in [0.25, 0.3) is 0 Å². The zero-order chi connectivity index (χ0) is 17.4. The molecule has 0 radical (unpaired) electrons. The lowest BCUT2D eigenvalue weighted by atomic mass is 9.92. The highest BCUT2D eigenvalue weighted by atomic mass is 32.1. The minimum absolute atomic E-state index is 0.0378. The standard InChI is InChI=1S/C19H24N4OS/c1-15-5-6-17(25-15)11-22-9-7-19(13-22)14-23(18(24)12-21(19)2)16-4-3-8-20-10-16/h3-6,8,10H,7,9,11-14H2,1-2H3. The van der Waals surface area contributed by atoms with Crippen molar-refractivity contribution in [1.82, 2.24) is 14.8 Å². The second-order valence-electron chi connectivity index (χ2n) is 7.24. The van der Waals surface area contributed by atoms with Crippen molar-refractivity contribution in [2.75, 3.05) is 38.1 Å². The van der Waals surface area contributed by atoms with Crippen molar-refractivity contribution >= 4 is 22.9 Å². The van der Waals surface area contributed by atoms with E-state index in [4.69, 9.17) is 0 Å². The molecule has 1 atom stereocenters. The Morgan fingerprint density at radius 3 is 2.88 bits per heavy atom. The molecule has 4 rings (SSSR count). The molecule has 1 spiro atoms. The van der Waals surface area contributed by atoms with Crippen LogP contribution in [0.5, 0.6) is 0 Å². The predicted molar refractivity (Wildman–Crippen MR) is 101 cm³/mol. The van der Waals surface area contributed by atoms with E-state index >= 15 is 0 Å². The summed E-state index contributed by atoms with van der Waals surface area (Å²) in [5.41, 5.74) is 0.947. The Labute approximate surface area is 152 Å². The Balaban J connectivity index is 1.51. The van der Waals surface area contributed by atoms with Gasteiger partial charge in [0.25, 0.3) is 0 Å². The van der Waals surface area contributed by atoms with E-state index < -0.39 is 0 Å². The number of thiophene rings is 1. The molecule has 1 unspecified atom stereocenters. The number of rotatable bonds is 3. The van der Waals surface area contributed by atoms with Gasteiger partial charge in [0, 0.05) is 42.1 Å². The largest absolute Gasteiger partial charge is 0.308 e. The lowest BCUT2D eigenvalue weighted by molar-refractivity contribution is -0.123. The highest BCUT2D eigenvalue weighted by Crippen LogP contribution is 2.34. The quantitative estimate of drug-likeness (QED) is 0.847. The van der Waals surface area contributed by atoms with E-state index in [0.717, 1.165) is 38.3 Å². The van der Waals surface area contributed by atoms with Gasteiger partial charge in [0.05, 0.1) is 24.0 Å². The molecule has 132 valence electrons. The van der Waals surface area contributed by atoms with Crippen LogP contribution in [0, 0.1) is 6.92 Å². The number of likely N-dealkylation sites (N-methyl/N-ethyl adjacent to an activating group) is 1. The summed E-state index contributed by atoms with van der Waals surface area (Å²) in [6, 6.07) is 8.31. The fourth-order valence-corrected chi connectivity index (χ4v) is 4.95. The maximum absolute atomic E-state index is 12.6. The zero-order valence-electron chi connectivity index (χ0n) is 14.8. The van der Waals surface area contributed by atoms with Gasteiger partial charge in [-0.25, -0.2) is 0 Å². The summed E-state index contributed by atoms with van der Waals surface area (Å²) in [6.07, 6.45) is 4.64. The highest BCUT2D eigenvalue weighted by Gasteiger charge is 2.47. The first-order valence-corrected chi connectivity index (χ1v) is 9.57. The van der Waals surface area contributed by atoms with E-state index in [-0.39, 0.29) is 11.4 Å². The third kappa shape index (κ3) is 3.21. The number of carbonyl (C=O) groups is 1. The molecule has 2 aromatic rings. The van der Waals surface area contributed by atoms with Gasteiger partial charge < -0.3 is 4.90 Å². The number of carbonyl (C=O) groups excluding carboxylic acids is 1. The molecule has 1 amide bonds. The highest BCUT2D eigenvalue weighted by molar-refractivity contribution is 7.11. The third-order valence-corrected chi connectivity index (χ3v) is 6.47. The number of hydrogen-bond donors (Lipinski definition) is 0. The fraction of sp³-hybridized carbons (Fsp3) is 0.474. The Morgan fingerprint density at radius 2 is 2.16 bits per heavy atom. The molecule has 0 aliphatic carbocycles. The van der Waals surface area contributed by atoms with E-state index in [0.29, 0.717) is 6.54 Å². The molecule has 0 N–H and O–H groups in total. The van der Waals surface area contributed by atoms with Crippen LogP contribution in [0.3, 0.4) is 0 Å². The topological polar surface area (TPSA) is 39.7 Å². The molecule has 5 nitrogen and oxygen atoms in total. The van der Waals surface area contributed by atoms with Gasteiger partial charge in [0.1, 0.15) is 0 Å². The third-order valence-electron chi connectivity index (χ3n) is 5.48. The minimum Gasteiger partial charge on any atom is -0.308 e. The van der Waals surface area contributed by atoms with Gasteiger partial charge >= 0.3 is 0 Å². The van der Waals surface area contributed by atoms with E-state index in [9.17, 15) is 4.79 Å². The van der Waals surface area contributed by atoms with Crippen LogP contribution in [-0.2, 0) is 11.3 Å². The molecule has 2 fully saturated rings. The Bertz CT molecular complexity index is 762. The summed E-state index contributed by atoms with van der Waals surface area (Å²) >= 11 is 1.88. The predicted octanol–water partition coefficient (Wildman–Crippen LogP) is 2.37. The summed E-state index contributed by atoms with van der Waals surface area (Å²) < 4.78 is 0. The van der Waals surface area contributed by atoms with Crippen LogP contribution in [0.15, 0.2) is 36.7 Å². The Hall–Kier alpha value is -1.76. The first kappa shape index (κ1) is 16.7. The number of piperazine rings is 1. The van der Waals surface area contributed by atoms with Crippen molar-refractivity contribution in [3.8, 4) is 0 Å². The van der Waals surface area contributed by atoms with Gasteiger partial charge in [-0.1, -0.05) is 0 Å². The average Bonchev–Trinajstić information content (AvgIpc) is 3.20. The monoisotopic (exact) mass is 356 g/mol. The molecule has 4 heterocycles. The summed E-state index contributed by atoms with van der Waals surface area (Å²) in [5, 5.41) is 0. The van der Waals surface area contributed by atoms with Crippen molar-refractivity contribution < 1.29 is 4.79 Å². The molecule has 0 bridgehead atoms. The molecule has 2 aromatic heterocycles. The number of aryl methyl sites for hydroxylation is 1. The molecule has 0 saturated carbocycles. The normalized spacial score (nSPS) is 25.2. The number of amides is 1. The molecule has 25 heavy (non-hydrogen) atoms. The van der Waals surface area contributed by atoms with Crippen LogP contribution in [0.4, 0.5) is 5.69 Å². The van der Waals surface area contributed by atoms with Crippen LogP contribution >= 0.6 is 11.3 Å². The Morgan fingerprint density at radius 1 is 1.28 bits per heavy atom. The summed E-state index contributed by atoms with van der Waals surface area (Å²) in [6.45, 7) is 6.47. The van der Waals surface area contributed by atoms with E-state index in [1.165, 1.54) is 9.75 Å². The van der Waals surface area contributed by atoms with E-state index in [1.807, 2.05) is 28.4 Å². The van der Waals surface area contributed by atoms with E-state index in [1.54, 1.807) is 12.4 Å². The van der Waals surface area contributed by atoms with Gasteiger partial charge in [0.15, 0.2) is 0 Å². The maximum Gasteiger partial charge on any atom is 0.241 e. The van der Waals surface area contributed by atoms with Crippen molar-refractivity contribution in [2.24, 2.45) is 0 Å². The van der Waals surface area contributed by atoms with Gasteiger partial charge in [-0.15, -0.1) is 11.3 Å². The first-order valence-electron chi connectivity index (χ1n) is 8.75. The van der Waals surface area contributed by atoms with Gasteiger partial charge in [0.2, 0.25) is 5.91 Å². The molecule has 0 aromatic carbocycles. The fourth-order valence-electron chi connectivity index (χ4n) is 4.01. The smallest absolute Gasteiger partial charge is 0.241 e. The van der Waals surface area contributed by atoms with Gasteiger partial charge in [-0.3, -0.25) is 19.6 Å². The van der Waals surface area contributed by atoms with Crippen LogP contribution < -0.4 is 4.90 Å². The Kier molecular flexibility index (Phi) is 4.35. The number of nitrogens with zero attached hydrogens (tertiary/aromatic N) is 4. The molecule has 2 aliphatic heterocycles. The number of likely N-dealkylation sites (tertiary alicyclic amines) is 1. The maximum atomic E-state index is 12.6. The first-order chi connectivity index (χ1) is 12.1. The minimum atomic E-state index is 0.0378. The summed E-state index contributed by atoms with van der Waals surface area (Å²) in [7, 11) is 2.09. The second-order valence-corrected chi connectivity index (χ2v) is 8.62. The lowest BCUT2D eigenvalue weighted by Crippen LogP contribution is -2.64. The van der Waals surface area contributed by atoms with Crippen LogP contribution in [0.2, 0.25) is 0 Å². The second kappa shape index (κ2) is 6.52. The SMILES string of the molecule is Cc1ccc(CN2CCC3(C2)CN(c2cccnc2)C(=O)CN3C)s1. The van der Waals surface area contributed by atoms with Crippen molar-refractivity contribution in [3.05, 3.63) is 46.4 Å². The molecule has 6 heteroatoms. The summed E-state index contributed by atoms with van der Waals surface area (Å²) in [4.78, 5) is 26.3. The van der Waals surface area contributed by atoms with Crippen molar-refractivity contribution in [3.63, 3.8) is 0 Å². The van der Waals surface area contributed by atoms with Crippen molar-refractivity contribution in [2.45, 2.75) is 25.4 Å². The zero-order valence-corrected chi connectivity index (χ0v) is 15.6.